The molecule has 2 atom stereocenters. The highest BCUT2D eigenvalue weighted by atomic mass is 16.5. The summed E-state index contributed by atoms with van der Waals surface area (Å²) in [7, 11) is 0. The monoisotopic (exact) mass is 266 g/mol. The minimum Gasteiger partial charge on any atom is -0.373 e. The molecule has 100 valence electrons. The van der Waals surface area contributed by atoms with E-state index in [9.17, 15) is 21.0 Å². The van der Waals surface area contributed by atoms with Gasteiger partial charge in [0.25, 0.3) is 0 Å². The molecule has 0 spiro atoms. The van der Waals surface area contributed by atoms with Crippen molar-refractivity contribution in [2.24, 2.45) is 22.7 Å². The number of allylic oxidation sites excluding steroid dienone is 1. The standard InChI is InChI=1S/C15H14N4O/c1-10(2)13-11-3-4-14(6-16,7-17)15(8-18,9-19)12(11)5-20-13/h3,10,12-13H,4-5H2,1-2H3/t12-,13+/m0/s1. The van der Waals surface area contributed by atoms with Crippen LogP contribution in [0.4, 0.5) is 0 Å². The Kier molecular flexibility index (Phi) is 3.27. The highest BCUT2D eigenvalue weighted by Crippen LogP contribution is 2.56. The van der Waals surface area contributed by atoms with Crippen LogP contribution in [-0.2, 0) is 4.74 Å². The first-order chi connectivity index (χ1) is 9.51. The maximum absolute atomic E-state index is 9.55. The van der Waals surface area contributed by atoms with Crippen LogP contribution in [0.1, 0.15) is 20.3 Å². The van der Waals surface area contributed by atoms with E-state index in [-0.39, 0.29) is 25.0 Å². The molecule has 20 heavy (non-hydrogen) atoms. The van der Waals surface area contributed by atoms with Gasteiger partial charge in [0.15, 0.2) is 10.8 Å². The van der Waals surface area contributed by atoms with Gasteiger partial charge in [-0.3, -0.25) is 0 Å². The van der Waals surface area contributed by atoms with Crippen molar-refractivity contribution in [3.05, 3.63) is 11.6 Å². The lowest BCUT2D eigenvalue weighted by atomic mass is 9.54. The van der Waals surface area contributed by atoms with E-state index in [1.54, 1.807) is 0 Å². The molecule has 0 amide bonds. The Morgan fingerprint density at radius 2 is 1.75 bits per heavy atom. The SMILES string of the molecule is CC(C)[C@H]1OC[C@H]2C1=CCC(C#N)(C#N)C2(C#N)C#N. The third-order valence-electron chi connectivity index (χ3n) is 4.35. The third kappa shape index (κ3) is 1.48. The molecule has 1 aliphatic heterocycles. The Hall–Kier alpha value is -2.34. The summed E-state index contributed by atoms with van der Waals surface area (Å²) in [6.07, 6.45) is 1.78. The fourth-order valence-electron chi connectivity index (χ4n) is 3.20. The lowest BCUT2D eigenvalue weighted by Crippen LogP contribution is -2.47. The van der Waals surface area contributed by atoms with E-state index in [2.05, 4.69) is 0 Å². The Bertz CT molecular complexity index is 592. The van der Waals surface area contributed by atoms with E-state index in [1.807, 2.05) is 44.2 Å². The summed E-state index contributed by atoms with van der Waals surface area (Å²) in [5.74, 6) is -0.282. The Morgan fingerprint density at radius 3 is 2.20 bits per heavy atom. The van der Waals surface area contributed by atoms with Gasteiger partial charge in [0.05, 0.1) is 37.0 Å². The fraction of sp³-hybridized carbons (Fsp3) is 0.600. The van der Waals surface area contributed by atoms with Crippen LogP contribution in [0, 0.1) is 68.0 Å². The predicted octanol–water partition coefficient (Wildman–Crippen LogP) is 2.05. The zero-order valence-corrected chi connectivity index (χ0v) is 11.4. The molecule has 0 bridgehead atoms. The first-order valence-corrected chi connectivity index (χ1v) is 6.48. The minimum atomic E-state index is -1.66. The molecule has 1 fully saturated rings. The maximum Gasteiger partial charge on any atom is 0.184 e. The maximum atomic E-state index is 9.55. The van der Waals surface area contributed by atoms with Gasteiger partial charge in [-0.2, -0.15) is 21.0 Å². The van der Waals surface area contributed by atoms with Crippen LogP contribution in [0.5, 0.6) is 0 Å². The van der Waals surface area contributed by atoms with Crippen molar-refractivity contribution < 1.29 is 4.74 Å². The van der Waals surface area contributed by atoms with E-state index >= 15 is 0 Å². The number of hydrogen-bond acceptors (Lipinski definition) is 5. The molecule has 0 saturated carbocycles. The van der Waals surface area contributed by atoms with Crippen molar-refractivity contribution in [3.8, 4) is 24.3 Å². The molecule has 0 aromatic heterocycles. The van der Waals surface area contributed by atoms with E-state index in [1.165, 1.54) is 0 Å². The quantitative estimate of drug-likeness (QED) is 0.675. The van der Waals surface area contributed by atoms with Crippen LogP contribution in [-0.4, -0.2) is 12.7 Å². The molecule has 1 aliphatic carbocycles. The molecule has 2 aliphatic rings. The van der Waals surface area contributed by atoms with Crippen LogP contribution in [0.25, 0.3) is 0 Å². The molecule has 0 aromatic rings. The van der Waals surface area contributed by atoms with Crippen LogP contribution in [0.3, 0.4) is 0 Å². The summed E-state index contributed by atoms with van der Waals surface area (Å²) >= 11 is 0. The van der Waals surface area contributed by atoms with Crippen molar-refractivity contribution in [1.29, 1.82) is 21.0 Å². The van der Waals surface area contributed by atoms with Gasteiger partial charge in [-0.1, -0.05) is 19.9 Å². The van der Waals surface area contributed by atoms with Gasteiger partial charge in [-0.05, 0) is 11.5 Å². The summed E-state index contributed by atoms with van der Waals surface area (Å²) in [4.78, 5) is 0. The van der Waals surface area contributed by atoms with Crippen molar-refractivity contribution in [2.75, 3.05) is 6.61 Å². The first-order valence-electron chi connectivity index (χ1n) is 6.48. The normalized spacial score (nSPS) is 29.2. The number of ether oxygens (including phenoxy) is 1. The Balaban J connectivity index is 2.63. The van der Waals surface area contributed by atoms with E-state index in [0.29, 0.717) is 0 Å². The summed E-state index contributed by atoms with van der Waals surface area (Å²) in [5, 5.41) is 37.9. The summed E-state index contributed by atoms with van der Waals surface area (Å²) in [5.41, 5.74) is -2.39. The van der Waals surface area contributed by atoms with Gasteiger partial charge >= 0.3 is 0 Å². The number of rotatable bonds is 1. The van der Waals surface area contributed by atoms with Gasteiger partial charge in [0, 0.05) is 12.3 Å². The predicted molar refractivity (Wildman–Crippen MR) is 68.1 cm³/mol. The van der Waals surface area contributed by atoms with Crippen molar-refractivity contribution in [2.45, 2.75) is 26.4 Å². The molecule has 0 radical (unpaired) electrons. The molecule has 2 rings (SSSR count). The first kappa shape index (κ1) is 14.1. The number of hydrogen-bond donors (Lipinski definition) is 0. The second-order valence-corrected chi connectivity index (χ2v) is 5.62. The van der Waals surface area contributed by atoms with Gasteiger partial charge in [0.1, 0.15) is 0 Å². The zero-order valence-electron chi connectivity index (χ0n) is 11.4. The van der Waals surface area contributed by atoms with Gasteiger partial charge in [-0.25, -0.2) is 0 Å². The molecule has 5 nitrogen and oxygen atoms in total. The molecule has 1 heterocycles. The number of nitriles is 4. The van der Waals surface area contributed by atoms with Crippen molar-refractivity contribution >= 4 is 0 Å². The summed E-state index contributed by atoms with van der Waals surface area (Å²) < 4.78 is 5.71. The topological polar surface area (TPSA) is 104 Å². The Morgan fingerprint density at radius 1 is 1.15 bits per heavy atom. The summed E-state index contributed by atoms with van der Waals surface area (Å²) in [6, 6.07) is 7.75. The fourth-order valence-corrected chi connectivity index (χ4v) is 3.20. The van der Waals surface area contributed by atoms with Crippen LogP contribution >= 0.6 is 0 Å². The van der Waals surface area contributed by atoms with Crippen LogP contribution in [0.15, 0.2) is 11.6 Å². The van der Waals surface area contributed by atoms with E-state index in [0.717, 1.165) is 5.57 Å². The average molecular weight is 266 g/mol. The molecular weight excluding hydrogens is 252 g/mol. The van der Waals surface area contributed by atoms with Crippen LogP contribution in [0.2, 0.25) is 0 Å². The van der Waals surface area contributed by atoms with Gasteiger partial charge in [0.2, 0.25) is 0 Å². The zero-order chi connectivity index (χ0) is 15.0. The highest BCUT2D eigenvalue weighted by Gasteiger charge is 2.64. The van der Waals surface area contributed by atoms with Gasteiger partial charge in [-0.15, -0.1) is 0 Å². The van der Waals surface area contributed by atoms with Gasteiger partial charge < -0.3 is 4.74 Å². The molecule has 5 heteroatoms. The molecular formula is C15H14N4O. The van der Waals surface area contributed by atoms with E-state index < -0.39 is 16.7 Å². The molecule has 1 saturated heterocycles. The highest BCUT2D eigenvalue weighted by molar-refractivity contribution is 5.44. The lowest BCUT2D eigenvalue weighted by Gasteiger charge is -2.39. The minimum absolute atomic E-state index is 0.0968. The average Bonchev–Trinajstić information content (AvgIpc) is 2.90. The van der Waals surface area contributed by atoms with Crippen LogP contribution < -0.4 is 0 Å². The largest absolute Gasteiger partial charge is 0.373 e. The van der Waals surface area contributed by atoms with E-state index in [4.69, 9.17) is 4.74 Å². The molecule has 0 N–H and O–H groups in total. The lowest BCUT2D eigenvalue weighted by molar-refractivity contribution is 0.0733. The second kappa shape index (κ2) is 4.64. The second-order valence-electron chi connectivity index (χ2n) is 5.62. The summed E-state index contributed by atoms with van der Waals surface area (Å²) in [6.45, 7) is 4.22. The third-order valence-corrected chi connectivity index (χ3v) is 4.35. The Labute approximate surface area is 118 Å². The van der Waals surface area contributed by atoms with Crippen molar-refractivity contribution in [3.63, 3.8) is 0 Å². The molecule has 0 unspecified atom stereocenters. The molecule has 0 aromatic carbocycles. The number of fused-ring (bicyclic) bond motifs is 1. The smallest absolute Gasteiger partial charge is 0.184 e. The number of nitrogens with zero attached hydrogens (tertiary/aromatic N) is 4. The van der Waals surface area contributed by atoms with Crippen molar-refractivity contribution in [1.82, 2.24) is 0 Å².